The number of hydrogen-bond acceptors (Lipinski definition) is 5. The molecule has 0 bridgehead atoms. The molecular formula is C20H19F2N7O. The van der Waals surface area contributed by atoms with Crippen molar-refractivity contribution in [1.82, 2.24) is 14.5 Å². The summed E-state index contributed by atoms with van der Waals surface area (Å²) in [6.45, 7) is 0.0753. The van der Waals surface area contributed by atoms with E-state index in [4.69, 9.17) is 11.4 Å². The summed E-state index contributed by atoms with van der Waals surface area (Å²) < 4.78 is 28.5. The number of amidine groups is 1. The van der Waals surface area contributed by atoms with E-state index in [1.807, 2.05) is 29.0 Å². The normalized spacial score (nSPS) is 16.6. The molecule has 8 nitrogen and oxygen atoms in total. The SMILES string of the molecule is N=N/C(=N\N)c1ccc(-n2ccc3cc(C(=O)N4CCC(F)(F)CC4)cnc32)cc1. The molecule has 3 heterocycles. The molecule has 0 unspecified atom stereocenters. The minimum atomic E-state index is -2.70. The number of carbonyl (C=O) groups is 1. The van der Waals surface area contributed by atoms with Crippen molar-refractivity contribution in [1.29, 1.82) is 5.53 Å². The van der Waals surface area contributed by atoms with Gasteiger partial charge < -0.3 is 15.3 Å². The zero-order valence-electron chi connectivity index (χ0n) is 15.9. The van der Waals surface area contributed by atoms with Crippen LogP contribution in [0.1, 0.15) is 28.8 Å². The van der Waals surface area contributed by atoms with Gasteiger partial charge in [0.1, 0.15) is 5.65 Å². The maximum Gasteiger partial charge on any atom is 0.255 e. The number of fused-ring (bicyclic) bond motifs is 1. The van der Waals surface area contributed by atoms with Crippen molar-refractivity contribution in [2.24, 2.45) is 16.1 Å². The maximum absolute atomic E-state index is 13.3. The molecule has 1 aliphatic heterocycles. The van der Waals surface area contributed by atoms with E-state index < -0.39 is 5.92 Å². The van der Waals surface area contributed by atoms with Gasteiger partial charge in [0, 0.05) is 55.0 Å². The van der Waals surface area contributed by atoms with Crippen molar-refractivity contribution < 1.29 is 13.6 Å². The minimum Gasteiger partial charge on any atom is -0.338 e. The second kappa shape index (κ2) is 7.62. The third-order valence-electron chi connectivity index (χ3n) is 5.19. The van der Waals surface area contributed by atoms with Crippen molar-refractivity contribution in [3.8, 4) is 5.69 Å². The van der Waals surface area contributed by atoms with Crippen LogP contribution >= 0.6 is 0 Å². The first-order chi connectivity index (χ1) is 14.4. The molecule has 154 valence electrons. The quantitative estimate of drug-likeness (QED) is 0.226. The first kappa shape index (κ1) is 19.6. The lowest BCUT2D eigenvalue weighted by Gasteiger charge is -2.31. The lowest BCUT2D eigenvalue weighted by molar-refractivity contribution is -0.0494. The van der Waals surface area contributed by atoms with Gasteiger partial charge in [-0.15, -0.1) is 5.11 Å². The van der Waals surface area contributed by atoms with E-state index in [-0.39, 0.29) is 37.7 Å². The van der Waals surface area contributed by atoms with Crippen molar-refractivity contribution in [3.05, 3.63) is 59.9 Å². The average Bonchev–Trinajstić information content (AvgIpc) is 3.18. The predicted molar refractivity (Wildman–Crippen MR) is 107 cm³/mol. The number of amides is 1. The Labute approximate surface area is 170 Å². The highest BCUT2D eigenvalue weighted by Gasteiger charge is 2.35. The molecular weight excluding hydrogens is 392 g/mol. The van der Waals surface area contributed by atoms with Crippen LogP contribution in [0.4, 0.5) is 8.78 Å². The van der Waals surface area contributed by atoms with Crippen LogP contribution in [0.3, 0.4) is 0 Å². The van der Waals surface area contributed by atoms with Gasteiger partial charge in [0.05, 0.1) is 5.56 Å². The fourth-order valence-electron chi connectivity index (χ4n) is 3.51. The number of aromatic nitrogens is 2. The molecule has 1 amide bonds. The maximum atomic E-state index is 13.3. The van der Waals surface area contributed by atoms with E-state index in [9.17, 15) is 13.6 Å². The zero-order chi connectivity index (χ0) is 21.3. The van der Waals surface area contributed by atoms with Gasteiger partial charge in [0.2, 0.25) is 0 Å². The molecule has 0 atom stereocenters. The molecule has 30 heavy (non-hydrogen) atoms. The summed E-state index contributed by atoms with van der Waals surface area (Å²) in [5.41, 5.74) is 9.54. The average molecular weight is 411 g/mol. The number of carbonyl (C=O) groups excluding carboxylic acids is 1. The van der Waals surface area contributed by atoms with E-state index in [2.05, 4.69) is 15.2 Å². The largest absolute Gasteiger partial charge is 0.338 e. The van der Waals surface area contributed by atoms with E-state index in [1.165, 1.54) is 11.1 Å². The molecule has 1 aromatic carbocycles. The standard InChI is InChI=1S/C20H19F2N7O/c21-20(22)6-9-28(10-7-20)19(30)15-11-14-5-8-29(18(14)25-12-15)16-3-1-13(2-4-16)17(26-23)27-24/h1-5,8,11-12,23H,6-7,9-10,24H2/b26-23?,27-17-. The summed E-state index contributed by atoms with van der Waals surface area (Å²) in [6, 6.07) is 10.7. The zero-order valence-corrected chi connectivity index (χ0v) is 15.9. The van der Waals surface area contributed by atoms with Crippen LogP contribution in [0.15, 0.2) is 59.0 Å². The Kier molecular flexibility index (Phi) is 4.98. The summed E-state index contributed by atoms with van der Waals surface area (Å²) in [5.74, 6) is 2.36. The third kappa shape index (κ3) is 3.63. The Hall–Kier alpha value is -3.69. The first-order valence-corrected chi connectivity index (χ1v) is 9.32. The molecule has 3 N–H and O–H groups in total. The lowest BCUT2D eigenvalue weighted by atomic mass is 10.1. The van der Waals surface area contributed by atoms with Gasteiger partial charge in [-0.25, -0.2) is 19.3 Å². The molecule has 0 spiro atoms. The number of halogens is 2. The van der Waals surface area contributed by atoms with Crippen LogP contribution in [0.2, 0.25) is 0 Å². The molecule has 0 saturated carbocycles. The number of nitrogens with zero attached hydrogens (tertiary/aromatic N) is 5. The van der Waals surface area contributed by atoms with Gasteiger partial charge in [-0.3, -0.25) is 4.79 Å². The van der Waals surface area contributed by atoms with Gasteiger partial charge in [-0.05, 0) is 36.4 Å². The van der Waals surface area contributed by atoms with Crippen LogP contribution in [0.25, 0.3) is 16.7 Å². The van der Waals surface area contributed by atoms with Crippen molar-refractivity contribution in [2.75, 3.05) is 13.1 Å². The number of pyridine rings is 1. The number of rotatable bonds is 3. The molecule has 0 radical (unpaired) electrons. The van der Waals surface area contributed by atoms with E-state index in [1.54, 1.807) is 18.2 Å². The minimum absolute atomic E-state index is 0.0376. The smallest absolute Gasteiger partial charge is 0.255 e. The topological polar surface area (TPSA) is 113 Å². The number of hydrazone groups is 1. The van der Waals surface area contributed by atoms with Crippen molar-refractivity contribution in [3.63, 3.8) is 0 Å². The predicted octanol–water partition coefficient (Wildman–Crippen LogP) is 3.55. The van der Waals surface area contributed by atoms with Crippen molar-refractivity contribution in [2.45, 2.75) is 18.8 Å². The molecule has 1 fully saturated rings. The number of alkyl halides is 2. The van der Waals surface area contributed by atoms with Crippen molar-refractivity contribution >= 4 is 22.8 Å². The highest BCUT2D eigenvalue weighted by molar-refractivity contribution is 5.99. The lowest BCUT2D eigenvalue weighted by Crippen LogP contribution is -2.42. The number of benzene rings is 1. The Morgan fingerprint density at radius 2 is 1.83 bits per heavy atom. The van der Waals surface area contributed by atoms with Gasteiger partial charge in [-0.2, -0.15) is 5.10 Å². The van der Waals surface area contributed by atoms with E-state index in [0.29, 0.717) is 16.8 Å². The second-order valence-corrected chi connectivity index (χ2v) is 7.08. The summed E-state index contributed by atoms with van der Waals surface area (Å²) in [7, 11) is 0. The van der Waals surface area contributed by atoms with Crippen LogP contribution in [0.5, 0.6) is 0 Å². The Bertz CT molecular complexity index is 1130. The van der Waals surface area contributed by atoms with Gasteiger partial charge in [-0.1, -0.05) is 0 Å². The van der Waals surface area contributed by atoms with Gasteiger partial charge in [0.25, 0.3) is 11.8 Å². The molecule has 3 aromatic rings. The fraction of sp³-hybridized carbons (Fsp3) is 0.250. The molecule has 4 rings (SSSR count). The van der Waals surface area contributed by atoms with Crippen LogP contribution in [0, 0.1) is 5.53 Å². The number of nitrogens with one attached hydrogen (secondary N) is 1. The van der Waals surface area contributed by atoms with Crippen LogP contribution in [-0.2, 0) is 0 Å². The number of nitrogens with two attached hydrogens (primary N) is 1. The Morgan fingerprint density at radius 1 is 1.13 bits per heavy atom. The van der Waals surface area contributed by atoms with Gasteiger partial charge >= 0.3 is 0 Å². The number of likely N-dealkylation sites (tertiary alicyclic amines) is 1. The molecule has 10 heteroatoms. The monoisotopic (exact) mass is 411 g/mol. The Balaban J connectivity index is 1.58. The van der Waals surface area contributed by atoms with E-state index >= 15 is 0 Å². The third-order valence-corrected chi connectivity index (χ3v) is 5.19. The Morgan fingerprint density at radius 3 is 2.47 bits per heavy atom. The summed E-state index contributed by atoms with van der Waals surface area (Å²) in [5, 5.41) is 7.49. The molecule has 2 aromatic heterocycles. The summed E-state index contributed by atoms with van der Waals surface area (Å²) in [6.07, 6.45) is 2.67. The van der Waals surface area contributed by atoms with Gasteiger partial charge in [0.15, 0.2) is 5.84 Å². The fourth-order valence-corrected chi connectivity index (χ4v) is 3.51. The van der Waals surface area contributed by atoms with Crippen LogP contribution in [-0.4, -0.2) is 45.2 Å². The highest BCUT2D eigenvalue weighted by atomic mass is 19.3. The van der Waals surface area contributed by atoms with E-state index in [0.717, 1.165) is 11.1 Å². The molecule has 1 aliphatic rings. The molecule has 1 saturated heterocycles. The second-order valence-electron chi connectivity index (χ2n) is 7.08. The molecule has 0 aliphatic carbocycles. The number of hydrogen-bond donors (Lipinski definition) is 2. The highest BCUT2D eigenvalue weighted by Crippen LogP contribution is 2.29. The first-order valence-electron chi connectivity index (χ1n) is 9.32. The van der Waals surface area contributed by atoms with Crippen LogP contribution < -0.4 is 5.84 Å². The summed E-state index contributed by atoms with van der Waals surface area (Å²) >= 11 is 0. The summed E-state index contributed by atoms with van der Waals surface area (Å²) in [4.78, 5) is 18.6. The number of piperidine rings is 1.